The fourth-order valence-corrected chi connectivity index (χ4v) is 19.2. The summed E-state index contributed by atoms with van der Waals surface area (Å²) in [5, 5.41) is 0. The second-order valence-corrected chi connectivity index (χ2v) is 26.6. The number of unbranched alkanes of at least 4 members (excludes halogenated alkanes) is 3. The van der Waals surface area contributed by atoms with E-state index in [0.717, 1.165) is 6.61 Å². The maximum atomic E-state index is 6.13. The van der Waals surface area contributed by atoms with Crippen molar-refractivity contribution in [2.24, 2.45) is 23.7 Å². The first-order valence-electron chi connectivity index (χ1n) is 19.9. The van der Waals surface area contributed by atoms with Gasteiger partial charge in [-0.3, -0.25) is 0 Å². The van der Waals surface area contributed by atoms with E-state index in [2.05, 4.69) is 150 Å². The maximum absolute atomic E-state index is 6.13. The van der Waals surface area contributed by atoms with E-state index >= 15 is 0 Å². The fourth-order valence-electron chi connectivity index (χ4n) is 12.3. The molecule has 292 valence electrons. The molecular weight excluding hydrogens is 799 g/mol. The number of fused-ring (bicyclic) bond motifs is 10. The van der Waals surface area contributed by atoms with Gasteiger partial charge in [0.1, 0.15) is 0 Å². The quantitative estimate of drug-likeness (QED) is 0.142. The molecule has 2 aromatic rings. The third kappa shape index (κ3) is 7.78. The van der Waals surface area contributed by atoms with Crippen LogP contribution < -0.4 is 9.80 Å². The van der Waals surface area contributed by atoms with Gasteiger partial charge in [-0.05, 0) is 87.2 Å². The van der Waals surface area contributed by atoms with E-state index in [9.17, 15) is 0 Å². The number of likely N-dealkylation sites (N-methyl/N-ethyl adjacent to an activating group) is 2. The van der Waals surface area contributed by atoms with E-state index in [-0.39, 0.29) is 20.5 Å². The van der Waals surface area contributed by atoms with E-state index in [1.165, 1.54) is 54.2 Å². The van der Waals surface area contributed by atoms with Crippen molar-refractivity contribution >= 4 is 36.5 Å². The summed E-state index contributed by atoms with van der Waals surface area (Å²) in [5.41, 5.74) is 10.5. The van der Waals surface area contributed by atoms with Crippen molar-refractivity contribution < 1.29 is 25.6 Å². The molecular formula is C47H66Cl2N2OSiZr. The minimum absolute atomic E-state index is 0. The Bertz CT molecular complexity index is 1620. The van der Waals surface area contributed by atoms with Crippen molar-refractivity contribution in [3.63, 3.8) is 0 Å². The Morgan fingerprint density at radius 2 is 1.07 bits per heavy atom. The molecule has 0 amide bonds. The molecule has 0 bridgehead atoms. The topological polar surface area (TPSA) is 15.7 Å². The van der Waals surface area contributed by atoms with Crippen LogP contribution in [0.3, 0.4) is 0 Å². The van der Waals surface area contributed by atoms with Crippen LogP contribution in [0.1, 0.15) is 80.5 Å². The molecule has 6 aliphatic rings. The predicted molar refractivity (Wildman–Crippen MR) is 235 cm³/mol. The van der Waals surface area contributed by atoms with Crippen LogP contribution in [-0.2, 0) is 25.6 Å². The van der Waals surface area contributed by atoms with Crippen LogP contribution in [0.15, 0.2) is 85.0 Å². The number of hydrogen-bond donors (Lipinski definition) is 0. The van der Waals surface area contributed by atoms with Gasteiger partial charge in [-0.15, -0.1) is 0 Å². The van der Waals surface area contributed by atoms with E-state index in [1.54, 1.807) is 11.1 Å². The molecule has 8 rings (SSSR count). The number of nitrogens with zero attached hydrogens (tertiary/aromatic N) is 2. The Morgan fingerprint density at radius 3 is 1.50 bits per heavy atom. The summed E-state index contributed by atoms with van der Waals surface area (Å²) in [6.45, 7) is 15.0. The third-order valence-electron chi connectivity index (χ3n) is 14.0. The number of rotatable bonds is 9. The number of allylic oxidation sites excluding steroid dienone is 6. The summed E-state index contributed by atoms with van der Waals surface area (Å²) in [6, 6.07) is 17.3. The van der Waals surface area contributed by atoms with Crippen LogP contribution in [0.4, 0.5) is 11.4 Å². The number of ether oxygens (including phenoxy) is 1. The monoisotopic (exact) mass is 862 g/mol. The van der Waals surface area contributed by atoms with Crippen LogP contribution in [-0.4, -0.2) is 46.5 Å². The average Bonchev–Trinajstić information content (AvgIpc) is 3.80. The fraction of sp³-hybridized carbons (Fsp3) is 0.532. The van der Waals surface area contributed by atoms with Crippen molar-refractivity contribution in [2.75, 3.05) is 30.5 Å². The first-order valence-corrected chi connectivity index (χ1v) is 29.1. The van der Waals surface area contributed by atoms with Gasteiger partial charge in [0.05, 0.1) is 13.7 Å². The molecule has 4 aliphatic carbocycles. The van der Waals surface area contributed by atoms with Crippen molar-refractivity contribution in [3.8, 4) is 0 Å². The second kappa shape index (κ2) is 17.6. The molecule has 0 radical (unpaired) electrons. The number of anilines is 2. The van der Waals surface area contributed by atoms with Gasteiger partial charge in [-0.25, -0.2) is 0 Å². The van der Waals surface area contributed by atoms with E-state index in [1.807, 2.05) is 0 Å². The second-order valence-electron chi connectivity index (χ2n) is 18.0. The Hall–Kier alpha value is -1.36. The normalized spacial score (nSPS) is 31.4. The average molecular weight is 865 g/mol. The SMILES string of the molecule is Cc1ccc2c(c1)C1C(C3C=CC=CC3C1[Si](C)(CCCCCCOC(C)(C)C)C1C3C=CC=CC3C3C1c1cc(C)ccc1N3C)N2C.[CH3-].[CH3-].[Cl][Zr+2][Cl]. The molecule has 2 heterocycles. The van der Waals surface area contributed by atoms with Gasteiger partial charge in [-0.2, -0.15) is 0 Å². The van der Waals surface area contributed by atoms with Crippen molar-refractivity contribution in [3.05, 3.63) is 122 Å². The summed E-state index contributed by atoms with van der Waals surface area (Å²) in [7, 11) is 12.6. The van der Waals surface area contributed by atoms with Crippen LogP contribution >= 0.6 is 17.0 Å². The summed E-state index contributed by atoms with van der Waals surface area (Å²) in [5.74, 6) is 3.57. The van der Waals surface area contributed by atoms with Gasteiger partial charge in [0.2, 0.25) is 0 Å². The van der Waals surface area contributed by atoms with Crippen molar-refractivity contribution in [1.29, 1.82) is 0 Å². The van der Waals surface area contributed by atoms with Crippen molar-refractivity contribution in [1.82, 2.24) is 0 Å². The molecule has 2 aromatic carbocycles. The number of halogens is 2. The molecule has 0 saturated heterocycles. The Kier molecular flexibility index (Phi) is 14.3. The molecule has 2 aliphatic heterocycles. The molecule has 3 nitrogen and oxygen atoms in total. The van der Waals surface area contributed by atoms with Crippen LogP contribution in [0.25, 0.3) is 0 Å². The first kappa shape index (κ1) is 43.8. The number of hydrogen-bond acceptors (Lipinski definition) is 3. The molecule has 10 unspecified atom stereocenters. The van der Waals surface area contributed by atoms with Gasteiger partial charge in [0, 0.05) is 67.8 Å². The number of aryl methyl sites for hydroxylation is 2. The Labute approximate surface area is 349 Å². The third-order valence-corrected chi connectivity index (χ3v) is 19.9. The van der Waals surface area contributed by atoms with Crippen LogP contribution in [0, 0.1) is 52.4 Å². The zero-order chi connectivity index (χ0) is 36.9. The molecule has 2 fully saturated rings. The molecule has 54 heavy (non-hydrogen) atoms. The summed E-state index contributed by atoms with van der Waals surface area (Å²) >= 11 is -0.826. The standard InChI is InChI=1S/C45H60N2OSi.2CH3.2ClH.Zr/c1-29-21-23-37-35(27-29)39-41(46(37)6)31-17-11-13-19-33(31)43(39)49(8,26-16-10-9-15-25-48-45(3,4)5)44-34-20-14-12-18-32(34)42-40(44)36-28-30(2)22-24-38(36)47(42)7;;;;;/h11-14,17-24,27-28,31-34,39-44H,9-10,15-16,25-26H2,1-8H3;2*1H3;2*1H;/q;2*-1;;;+4/p-2. The Balaban J connectivity index is 0.00000109. The van der Waals surface area contributed by atoms with E-state index < -0.39 is 28.9 Å². The summed E-state index contributed by atoms with van der Waals surface area (Å²) in [4.78, 5) is 5.41. The molecule has 2 saturated carbocycles. The van der Waals surface area contributed by atoms with Crippen LogP contribution in [0.5, 0.6) is 0 Å². The number of benzene rings is 2. The van der Waals surface area contributed by atoms with E-state index in [4.69, 9.17) is 21.8 Å². The van der Waals surface area contributed by atoms with Gasteiger partial charge in [-0.1, -0.05) is 116 Å². The predicted octanol–water partition coefficient (Wildman–Crippen LogP) is 13.0. The first-order chi connectivity index (χ1) is 24.9. The zero-order valence-corrected chi connectivity index (χ0v) is 39.6. The zero-order valence-electron chi connectivity index (χ0n) is 34.7. The molecule has 7 heteroatoms. The van der Waals surface area contributed by atoms with Crippen molar-refractivity contribution in [2.45, 2.75) is 113 Å². The summed E-state index contributed by atoms with van der Waals surface area (Å²) in [6.07, 6.45) is 25.2. The molecule has 0 aromatic heterocycles. The minimum atomic E-state index is -2.06. The van der Waals surface area contributed by atoms with Gasteiger partial charge in [0.25, 0.3) is 0 Å². The van der Waals surface area contributed by atoms with Crippen LogP contribution in [0.2, 0.25) is 23.7 Å². The molecule has 10 atom stereocenters. The molecule has 0 spiro atoms. The van der Waals surface area contributed by atoms with Gasteiger partial charge < -0.3 is 29.4 Å². The van der Waals surface area contributed by atoms with Gasteiger partial charge >= 0.3 is 37.9 Å². The van der Waals surface area contributed by atoms with E-state index in [0.29, 0.717) is 58.7 Å². The molecule has 0 N–H and O–H groups in total. The van der Waals surface area contributed by atoms with Gasteiger partial charge in [0.15, 0.2) is 0 Å². The summed E-state index contributed by atoms with van der Waals surface area (Å²) < 4.78 is 6.13. The Morgan fingerprint density at radius 1 is 0.667 bits per heavy atom.